The van der Waals surface area contributed by atoms with Gasteiger partial charge in [0.1, 0.15) is 23.7 Å². The zero-order valence-electron chi connectivity index (χ0n) is 20.3. The summed E-state index contributed by atoms with van der Waals surface area (Å²) in [6.45, 7) is 1.28. The van der Waals surface area contributed by atoms with Gasteiger partial charge < -0.3 is 20.3 Å². The molecule has 2 aliphatic carbocycles. The van der Waals surface area contributed by atoms with Crippen LogP contribution in [0.2, 0.25) is 5.02 Å². The molecular formula is C27H29ClFN5O2. The van der Waals surface area contributed by atoms with Crippen molar-refractivity contribution in [3.05, 3.63) is 59.7 Å². The molecule has 9 heteroatoms. The zero-order valence-corrected chi connectivity index (χ0v) is 21.1. The highest BCUT2D eigenvalue weighted by Gasteiger charge is 2.52. The number of carbonyl (C=O) groups is 1. The number of amides is 1. The van der Waals surface area contributed by atoms with Gasteiger partial charge >= 0.3 is 0 Å². The third kappa shape index (κ3) is 5.44. The summed E-state index contributed by atoms with van der Waals surface area (Å²) in [5, 5.41) is 6.82. The van der Waals surface area contributed by atoms with Crippen molar-refractivity contribution in [1.29, 1.82) is 0 Å². The van der Waals surface area contributed by atoms with Crippen LogP contribution in [0.25, 0.3) is 10.9 Å². The molecule has 7 nitrogen and oxygen atoms in total. The van der Waals surface area contributed by atoms with Crippen molar-refractivity contribution >= 4 is 45.6 Å². The van der Waals surface area contributed by atoms with Gasteiger partial charge in [-0.3, -0.25) is 4.79 Å². The van der Waals surface area contributed by atoms with Crippen LogP contribution in [0.15, 0.2) is 48.8 Å². The second-order valence-electron chi connectivity index (χ2n) is 9.73. The van der Waals surface area contributed by atoms with E-state index in [0.29, 0.717) is 52.9 Å². The Kier molecular flexibility index (Phi) is 7.07. The third-order valence-corrected chi connectivity index (χ3v) is 7.22. The van der Waals surface area contributed by atoms with E-state index in [1.807, 2.05) is 31.1 Å². The Balaban J connectivity index is 1.43. The molecule has 0 saturated heterocycles. The second-order valence-corrected chi connectivity index (χ2v) is 10.1. The minimum Gasteiger partial charge on any atom is -0.491 e. The highest BCUT2D eigenvalue weighted by molar-refractivity contribution is 6.31. The van der Waals surface area contributed by atoms with E-state index in [1.165, 1.54) is 43.8 Å². The number of anilines is 3. The summed E-state index contributed by atoms with van der Waals surface area (Å²) < 4.78 is 19.9. The fourth-order valence-corrected chi connectivity index (χ4v) is 5.24. The Labute approximate surface area is 214 Å². The first kappa shape index (κ1) is 24.5. The van der Waals surface area contributed by atoms with E-state index in [2.05, 4.69) is 20.6 Å². The molecule has 2 fully saturated rings. The van der Waals surface area contributed by atoms with Gasteiger partial charge in [-0.15, -0.1) is 0 Å². The molecule has 36 heavy (non-hydrogen) atoms. The molecule has 0 spiro atoms. The molecular weight excluding hydrogens is 481 g/mol. The highest BCUT2D eigenvalue weighted by Crippen LogP contribution is 2.57. The van der Waals surface area contributed by atoms with Crippen LogP contribution in [-0.2, 0) is 4.79 Å². The first-order valence-electron chi connectivity index (χ1n) is 12.1. The van der Waals surface area contributed by atoms with Gasteiger partial charge in [0, 0.05) is 29.8 Å². The van der Waals surface area contributed by atoms with Gasteiger partial charge in [-0.2, -0.15) is 0 Å². The van der Waals surface area contributed by atoms with E-state index in [0.717, 1.165) is 11.8 Å². The molecule has 5 rings (SSSR count). The molecule has 1 amide bonds. The van der Waals surface area contributed by atoms with Gasteiger partial charge in [-0.25, -0.2) is 14.4 Å². The van der Waals surface area contributed by atoms with Crippen LogP contribution < -0.4 is 15.4 Å². The number of hydrogen-bond acceptors (Lipinski definition) is 6. The molecule has 0 radical (unpaired) electrons. The largest absolute Gasteiger partial charge is 0.491 e. The lowest BCUT2D eigenvalue weighted by atomic mass is 10.1. The average molecular weight is 510 g/mol. The predicted molar refractivity (Wildman–Crippen MR) is 140 cm³/mol. The van der Waals surface area contributed by atoms with Crippen molar-refractivity contribution in [1.82, 2.24) is 14.9 Å². The maximum atomic E-state index is 13.6. The first-order chi connectivity index (χ1) is 17.4. The number of likely N-dealkylation sites (N-methyl/N-ethyl adjacent to an activating group) is 1. The van der Waals surface area contributed by atoms with Gasteiger partial charge in [0.2, 0.25) is 5.91 Å². The molecule has 2 aromatic carbocycles. The summed E-state index contributed by atoms with van der Waals surface area (Å²) in [6.07, 6.45) is 8.65. The molecule has 2 saturated carbocycles. The van der Waals surface area contributed by atoms with Crippen LogP contribution in [0.1, 0.15) is 19.3 Å². The number of rotatable bonds is 9. The maximum Gasteiger partial charge on any atom is 0.248 e. The minimum atomic E-state index is -0.497. The van der Waals surface area contributed by atoms with Gasteiger partial charge in [0.15, 0.2) is 0 Å². The van der Waals surface area contributed by atoms with Gasteiger partial charge in [-0.05, 0) is 69.0 Å². The van der Waals surface area contributed by atoms with Crippen molar-refractivity contribution in [2.24, 2.45) is 17.8 Å². The van der Waals surface area contributed by atoms with Crippen molar-refractivity contribution in [3.8, 4) is 5.75 Å². The summed E-state index contributed by atoms with van der Waals surface area (Å²) in [6, 6.07) is 8.00. The lowest BCUT2D eigenvalue weighted by Crippen LogP contribution is -2.14. The smallest absolute Gasteiger partial charge is 0.248 e. The quantitative estimate of drug-likeness (QED) is 0.363. The van der Waals surface area contributed by atoms with Gasteiger partial charge in [0.05, 0.1) is 22.8 Å². The Morgan fingerprint density at radius 2 is 2.03 bits per heavy atom. The third-order valence-electron chi connectivity index (χ3n) is 6.93. The fraction of sp³-hybridized carbons (Fsp3) is 0.370. The first-order valence-corrected chi connectivity index (χ1v) is 12.5. The van der Waals surface area contributed by atoms with Crippen molar-refractivity contribution in [3.63, 3.8) is 0 Å². The number of aromatic nitrogens is 2. The summed E-state index contributed by atoms with van der Waals surface area (Å²) in [5.41, 5.74) is 1.79. The summed E-state index contributed by atoms with van der Waals surface area (Å²) in [5.74, 6) is 2.48. The van der Waals surface area contributed by atoms with Gasteiger partial charge in [0.25, 0.3) is 0 Å². The number of benzene rings is 2. The summed E-state index contributed by atoms with van der Waals surface area (Å²) in [4.78, 5) is 23.4. The van der Waals surface area contributed by atoms with Crippen LogP contribution in [0, 0.1) is 23.6 Å². The number of ether oxygens (including phenoxy) is 1. The maximum absolute atomic E-state index is 13.6. The van der Waals surface area contributed by atoms with E-state index in [-0.39, 0.29) is 10.9 Å². The predicted octanol–water partition coefficient (Wildman–Crippen LogP) is 5.65. The second kappa shape index (κ2) is 10.4. The number of hydrogen-bond donors (Lipinski definition) is 2. The number of fused-ring (bicyclic) bond motifs is 2. The van der Waals surface area contributed by atoms with Crippen LogP contribution in [0.4, 0.5) is 21.6 Å². The summed E-state index contributed by atoms with van der Waals surface area (Å²) >= 11 is 5.94. The molecule has 0 aliphatic heterocycles. The van der Waals surface area contributed by atoms with Crippen LogP contribution in [0.5, 0.6) is 5.75 Å². The standard InChI is InChI=1S/C27H29ClFN5O2/c1-34(2)10-4-7-26(35)33-24-12-19-23(13-25(24)36-14-20-17-5-3-6-18(17)20)30-15-31-27(19)32-16-8-9-22(29)21(28)11-16/h4,7-9,11-13,15,17-18,20H,3,5-6,10,14H2,1-2H3,(H,33,35)(H,30,31,32). The van der Waals surface area contributed by atoms with Crippen molar-refractivity contribution in [2.45, 2.75) is 19.3 Å². The molecule has 188 valence electrons. The monoisotopic (exact) mass is 509 g/mol. The number of nitrogens with one attached hydrogen (secondary N) is 2. The Hall–Kier alpha value is -3.23. The molecule has 1 heterocycles. The lowest BCUT2D eigenvalue weighted by Gasteiger charge is -2.15. The lowest BCUT2D eigenvalue weighted by molar-refractivity contribution is -0.111. The van der Waals surface area contributed by atoms with E-state index < -0.39 is 5.82 Å². The minimum absolute atomic E-state index is 0.0105. The number of halogens is 2. The Morgan fingerprint density at radius 1 is 1.22 bits per heavy atom. The fourth-order valence-electron chi connectivity index (χ4n) is 5.06. The van der Waals surface area contributed by atoms with E-state index >= 15 is 0 Å². The number of nitrogens with zero attached hydrogens (tertiary/aromatic N) is 3. The average Bonchev–Trinajstić information content (AvgIpc) is 3.26. The van der Waals surface area contributed by atoms with Gasteiger partial charge in [-0.1, -0.05) is 24.1 Å². The molecule has 0 bridgehead atoms. The SMILES string of the molecule is CN(C)CC=CC(=O)Nc1cc2c(Nc3ccc(F)c(Cl)c3)ncnc2cc1OCC1C2CCCC21. The number of carbonyl (C=O) groups excluding carboxylic acids is 1. The van der Waals surface area contributed by atoms with E-state index in [4.69, 9.17) is 16.3 Å². The van der Waals surface area contributed by atoms with Crippen molar-refractivity contribution < 1.29 is 13.9 Å². The molecule has 2 unspecified atom stereocenters. The highest BCUT2D eigenvalue weighted by atomic mass is 35.5. The molecule has 3 aromatic rings. The Bertz CT molecular complexity index is 1300. The molecule has 1 aromatic heterocycles. The zero-order chi connectivity index (χ0) is 25.2. The van der Waals surface area contributed by atoms with Crippen LogP contribution in [0.3, 0.4) is 0 Å². The normalized spacial score (nSPS) is 20.6. The van der Waals surface area contributed by atoms with E-state index in [1.54, 1.807) is 12.1 Å². The molecule has 2 N–H and O–H groups in total. The molecule has 2 atom stereocenters. The summed E-state index contributed by atoms with van der Waals surface area (Å²) in [7, 11) is 3.88. The van der Waals surface area contributed by atoms with Crippen molar-refractivity contribution in [2.75, 3.05) is 37.9 Å². The topological polar surface area (TPSA) is 79.4 Å². The molecule has 2 aliphatic rings. The Morgan fingerprint density at radius 3 is 2.78 bits per heavy atom. The van der Waals surface area contributed by atoms with Crippen LogP contribution >= 0.6 is 11.6 Å². The van der Waals surface area contributed by atoms with Crippen LogP contribution in [-0.4, -0.2) is 48.0 Å². The van der Waals surface area contributed by atoms with E-state index in [9.17, 15) is 9.18 Å².